The van der Waals surface area contributed by atoms with Gasteiger partial charge in [-0.25, -0.2) is 0 Å². The molecular weight excluding hydrogens is 250 g/mol. The summed E-state index contributed by atoms with van der Waals surface area (Å²) in [6, 6.07) is 9.05. The highest BCUT2D eigenvalue weighted by molar-refractivity contribution is 5.99. The van der Waals surface area contributed by atoms with E-state index in [1.54, 1.807) is 12.1 Å². The number of amides is 1. The molecule has 1 rings (SSSR count). The number of carbonyl (C=O) groups excluding carboxylic acids is 2. The van der Waals surface area contributed by atoms with Gasteiger partial charge in [0, 0.05) is 12.0 Å². The van der Waals surface area contributed by atoms with Crippen LogP contribution in [0.2, 0.25) is 0 Å². The Balaban J connectivity index is 2.09. The smallest absolute Gasteiger partial charge is 0.220 e. The molecule has 0 heterocycles. The van der Waals surface area contributed by atoms with Crippen LogP contribution >= 0.6 is 0 Å². The van der Waals surface area contributed by atoms with Crippen molar-refractivity contribution in [1.82, 2.24) is 5.32 Å². The molecule has 0 aliphatic rings. The summed E-state index contributed by atoms with van der Waals surface area (Å²) in [6.45, 7) is 2.29. The average Bonchev–Trinajstić information content (AvgIpc) is 2.49. The molecule has 0 spiro atoms. The molecule has 0 aliphatic heterocycles. The Morgan fingerprint density at radius 1 is 0.950 bits per heavy atom. The van der Waals surface area contributed by atoms with Crippen LogP contribution in [0.3, 0.4) is 0 Å². The largest absolute Gasteiger partial charge is 0.349 e. The van der Waals surface area contributed by atoms with Gasteiger partial charge in [0.05, 0.1) is 6.54 Å². The first-order chi connectivity index (χ1) is 9.74. The summed E-state index contributed by atoms with van der Waals surface area (Å²) in [4.78, 5) is 23.4. The Morgan fingerprint density at radius 2 is 1.60 bits per heavy atom. The first-order valence-corrected chi connectivity index (χ1v) is 7.59. The molecule has 0 aliphatic carbocycles. The zero-order valence-electron chi connectivity index (χ0n) is 12.4. The molecule has 0 fully saturated rings. The third-order valence-electron chi connectivity index (χ3n) is 3.30. The van der Waals surface area contributed by atoms with E-state index < -0.39 is 0 Å². The predicted molar refractivity (Wildman–Crippen MR) is 81.8 cm³/mol. The van der Waals surface area contributed by atoms with Gasteiger partial charge < -0.3 is 5.32 Å². The maximum atomic E-state index is 11.8. The fourth-order valence-corrected chi connectivity index (χ4v) is 2.06. The summed E-state index contributed by atoms with van der Waals surface area (Å²) in [6.07, 6.45) is 7.50. The molecular formula is C17H25NO2. The lowest BCUT2D eigenvalue weighted by atomic mass is 10.1. The standard InChI is InChI=1S/C17H25NO2/c1-2-3-4-5-6-10-13-17(20)18-14-16(19)15-11-8-7-9-12-15/h7-9,11-12H,2-6,10,13-14H2,1H3,(H,18,20). The minimum absolute atomic E-state index is 0.0234. The highest BCUT2D eigenvalue weighted by Gasteiger charge is 2.07. The van der Waals surface area contributed by atoms with Crippen LogP contribution in [-0.2, 0) is 4.79 Å². The zero-order valence-corrected chi connectivity index (χ0v) is 12.4. The van der Waals surface area contributed by atoms with Gasteiger partial charge in [-0.2, -0.15) is 0 Å². The van der Waals surface area contributed by atoms with E-state index in [0.717, 1.165) is 12.8 Å². The first-order valence-electron chi connectivity index (χ1n) is 7.59. The lowest BCUT2D eigenvalue weighted by molar-refractivity contribution is -0.121. The highest BCUT2D eigenvalue weighted by atomic mass is 16.2. The molecule has 1 aromatic rings. The van der Waals surface area contributed by atoms with Gasteiger partial charge in [-0.15, -0.1) is 0 Å². The van der Waals surface area contributed by atoms with Crippen molar-refractivity contribution < 1.29 is 9.59 Å². The number of benzene rings is 1. The minimum atomic E-state index is -0.0399. The fourth-order valence-electron chi connectivity index (χ4n) is 2.06. The van der Waals surface area contributed by atoms with Crippen molar-refractivity contribution in [2.45, 2.75) is 51.9 Å². The van der Waals surface area contributed by atoms with Gasteiger partial charge >= 0.3 is 0 Å². The quantitative estimate of drug-likeness (QED) is 0.522. The number of carbonyl (C=O) groups is 2. The molecule has 0 atom stereocenters. The number of Topliss-reactive ketones (excluding diaryl/α,β-unsaturated/α-hetero) is 1. The monoisotopic (exact) mass is 275 g/mol. The number of ketones is 1. The van der Waals surface area contributed by atoms with E-state index in [-0.39, 0.29) is 18.2 Å². The third-order valence-corrected chi connectivity index (χ3v) is 3.30. The number of hydrogen-bond acceptors (Lipinski definition) is 2. The van der Waals surface area contributed by atoms with Gasteiger partial charge in [0.15, 0.2) is 5.78 Å². The molecule has 1 aromatic carbocycles. The Hall–Kier alpha value is -1.64. The maximum Gasteiger partial charge on any atom is 0.220 e. The van der Waals surface area contributed by atoms with E-state index in [1.807, 2.05) is 18.2 Å². The van der Waals surface area contributed by atoms with Crippen LogP contribution in [0.25, 0.3) is 0 Å². The lowest BCUT2D eigenvalue weighted by Crippen LogP contribution is -2.29. The molecule has 0 aromatic heterocycles. The summed E-state index contributed by atoms with van der Waals surface area (Å²) >= 11 is 0. The fraction of sp³-hybridized carbons (Fsp3) is 0.529. The highest BCUT2D eigenvalue weighted by Crippen LogP contribution is 2.06. The molecule has 0 bridgehead atoms. The van der Waals surface area contributed by atoms with Crippen LogP contribution < -0.4 is 5.32 Å². The number of unbranched alkanes of at least 4 members (excludes halogenated alkanes) is 5. The summed E-state index contributed by atoms with van der Waals surface area (Å²) in [5.74, 6) is -0.0633. The van der Waals surface area contributed by atoms with Gasteiger partial charge in [0.1, 0.15) is 0 Å². The van der Waals surface area contributed by atoms with Crippen molar-refractivity contribution in [2.24, 2.45) is 0 Å². The van der Waals surface area contributed by atoms with Crippen LogP contribution in [-0.4, -0.2) is 18.2 Å². The van der Waals surface area contributed by atoms with Crippen LogP contribution in [0.4, 0.5) is 0 Å². The van der Waals surface area contributed by atoms with Crippen molar-refractivity contribution >= 4 is 11.7 Å². The van der Waals surface area contributed by atoms with Gasteiger partial charge in [-0.1, -0.05) is 69.4 Å². The van der Waals surface area contributed by atoms with Crippen molar-refractivity contribution in [3.05, 3.63) is 35.9 Å². The maximum absolute atomic E-state index is 11.8. The van der Waals surface area contributed by atoms with Crippen LogP contribution in [0.1, 0.15) is 62.2 Å². The van der Waals surface area contributed by atoms with E-state index in [2.05, 4.69) is 12.2 Å². The Kier molecular flexibility index (Phi) is 8.36. The second kappa shape index (κ2) is 10.2. The SMILES string of the molecule is CCCCCCCCC(=O)NCC(=O)c1ccccc1. The second-order valence-electron chi connectivity index (χ2n) is 5.08. The summed E-state index contributed by atoms with van der Waals surface area (Å²) in [5, 5.41) is 2.69. The topological polar surface area (TPSA) is 46.2 Å². The van der Waals surface area contributed by atoms with Gasteiger partial charge in [0.2, 0.25) is 5.91 Å². The van der Waals surface area contributed by atoms with Crippen molar-refractivity contribution in [3.63, 3.8) is 0 Å². The van der Waals surface area contributed by atoms with E-state index >= 15 is 0 Å². The van der Waals surface area contributed by atoms with Crippen LogP contribution in [0.15, 0.2) is 30.3 Å². The van der Waals surface area contributed by atoms with Gasteiger partial charge in [-0.3, -0.25) is 9.59 Å². The third kappa shape index (κ3) is 7.07. The van der Waals surface area contributed by atoms with E-state index in [0.29, 0.717) is 12.0 Å². The molecule has 1 amide bonds. The summed E-state index contributed by atoms with van der Waals surface area (Å²) in [7, 11) is 0. The van der Waals surface area contributed by atoms with Crippen molar-refractivity contribution in [3.8, 4) is 0 Å². The van der Waals surface area contributed by atoms with E-state index in [9.17, 15) is 9.59 Å². The zero-order chi connectivity index (χ0) is 14.6. The normalized spacial score (nSPS) is 10.2. The average molecular weight is 275 g/mol. The van der Waals surface area contributed by atoms with Crippen LogP contribution in [0, 0.1) is 0 Å². The molecule has 20 heavy (non-hydrogen) atoms. The molecule has 0 unspecified atom stereocenters. The molecule has 0 saturated carbocycles. The van der Waals surface area contributed by atoms with Crippen LogP contribution in [0.5, 0.6) is 0 Å². The molecule has 1 N–H and O–H groups in total. The van der Waals surface area contributed by atoms with E-state index in [1.165, 1.54) is 25.7 Å². The minimum Gasteiger partial charge on any atom is -0.349 e. The Morgan fingerprint density at radius 3 is 2.30 bits per heavy atom. The summed E-state index contributed by atoms with van der Waals surface area (Å²) in [5.41, 5.74) is 0.646. The first kappa shape index (κ1) is 16.4. The predicted octanol–water partition coefficient (Wildman–Crippen LogP) is 3.74. The summed E-state index contributed by atoms with van der Waals surface area (Å²) < 4.78 is 0. The molecule has 0 radical (unpaired) electrons. The molecule has 0 saturated heterocycles. The molecule has 3 heteroatoms. The lowest BCUT2D eigenvalue weighted by Gasteiger charge is -2.05. The molecule has 110 valence electrons. The van der Waals surface area contributed by atoms with Gasteiger partial charge in [0.25, 0.3) is 0 Å². The van der Waals surface area contributed by atoms with Gasteiger partial charge in [-0.05, 0) is 6.42 Å². The number of hydrogen-bond donors (Lipinski definition) is 1. The number of nitrogens with one attached hydrogen (secondary N) is 1. The Labute approximate surface area is 121 Å². The number of rotatable bonds is 10. The van der Waals surface area contributed by atoms with E-state index in [4.69, 9.17) is 0 Å². The van der Waals surface area contributed by atoms with Crippen molar-refractivity contribution in [2.75, 3.05) is 6.54 Å². The van der Waals surface area contributed by atoms with Crippen molar-refractivity contribution in [1.29, 1.82) is 0 Å². The molecule has 3 nitrogen and oxygen atoms in total. The second-order valence-corrected chi connectivity index (χ2v) is 5.08. The Bertz CT molecular complexity index is 401.